The Kier molecular flexibility index (Phi) is 2.98. The van der Waals surface area contributed by atoms with Gasteiger partial charge in [-0.25, -0.2) is 0 Å². The molecule has 2 aromatic rings. The second-order valence-electron chi connectivity index (χ2n) is 6.05. The van der Waals surface area contributed by atoms with E-state index in [-0.39, 0.29) is 0 Å². The summed E-state index contributed by atoms with van der Waals surface area (Å²) in [4.78, 5) is 8.17. The highest BCUT2D eigenvalue weighted by Gasteiger charge is 2.42. The van der Waals surface area contributed by atoms with Gasteiger partial charge in [0, 0.05) is 24.0 Å². The Hall–Kier alpha value is -1.43. The molecule has 2 heterocycles. The van der Waals surface area contributed by atoms with Gasteiger partial charge in [0.25, 0.3) is 0 Å². The number of piperidine rings is 1. The third kappa shape index (κ3) is 2.02. The molecular formula is C15H20N4O. The Morgan fingerprint density at radius 1 is 1.40 bits per heavy atom. The first-order chi connectivity index (χ1) is 9.81. The molecule has 1 aliphatic heterocycles. The number of rotatable bonds is 4. The second kappa shape index (κ2) is 4.84. The van der Waals surface area contributed by atoms with Gasteiger partial charge in [0.05, 0.1) is 11.2 Å². The van der Waals surface area contributed by atoms with Crippen molar-refractivity contribution in [3.05, 3.63) is 30.0 Å². The van der Waals surface area contributed by atoms with Gasteiger partial charge in [0.2, 0.25) is 0 Å². The Morgan fingerprint density at radius 2 is 2.30 bits per heavy atom. The number of nitrogens with zero attached hydrogens (tertiary/aromatic N) is 2. The molecule has 3 atom stereocenters. The molecule has 106 valence electrons. The van der Waals surface area contributed by atoms with E-state index in [0.29, 0.717) is 12.6 Å². The maximum atomic E-state index is 5.71. The van der Waals surface area contributed by atoms with E-state index >= 15 is 0 Å². The van der Waals surface area contributed by atoms with E-state index < -0.39 is 0 Å². The van der Waals surface area contributed by atoms with Crippen molar-refractivity contribution in [2.45, 2.75) is 31.5 Å². The summed E-state index contributed by atoms with van der Waals surface area (Å²) in [6.07, 6.45) is 2.51. The van der Waals surface area contributed by atoms with Crippen LogP contribution in [0.4, 0.5) is 0 Å². The van der Waals surface area contributed by atoms with Crippen LogP contribution in [0.25, 0.3) is 10.9 Å². The number of para-hydroxylation sites is 1. The molecule has 1 aromatic carbocycles. The first-order valence-corrected chi connectivity index (χ1v) is 7.31. The minimum absolute atomic E-state index is 0.501. The number of likely N-dealkylation sites (tertiary alicyclic amines) is 1. The highest BCUT2D eigenvalue weighted by atomic mass is 16.6. The molecule has 5 heteroatoms. The number of hydrogen-bond acceptors (Lipinski definition) is 4. The number of hydrogen-bond donors (Lipinski definition) is 2. The lowest BCUT2D eigenvalue weighted by Crippen LogP contribution is -2.42. The molecule has 0 spiro atoms. The minimum Gasteiger partial charge on any atom is -0.303 e. The molecule has 0 amide bonds. The average Bonchev–Trinajstić information content (AvgIpc) is 3.13. The molecule has 4 rings (SSSR count). The number of benzene rings is 1. The van der Waals surface area contributed by atoms with Crippen LogP contribution in [0.15, 0.2) is 24.3 Å². The summed E-state index contributed by atoms with van der Waals surface area (Å²) in [5.41, 5.74) is 5.28. The normalized spacial score (nSPS) is 29.6. The Labute approximate surface area is 118 Å². The second-order valence-corrected chi connectivity index (χ2v) is 6.05. The van der Waals surface area contributed by atoms with E-state index in [1.165, 1.54) is 19.4 Å². The number of hydroxylamine groups is 1. The first kappa shape index (κ1) is 12.3. The number of nitrogens with one attached hydrogen (secondary N) is 2. The molecule has 20 heavy (non-hydrogen) atoms. The van der Waals surface area contributed by atoms with E-state index in [1.54, 1.807) is 0 Å². The van der Waals surface area contributed by atoms with Gasteiger partial charge in [-0.1, -0.05) is 18.2 Å². The quantitative estimate of drug-likeness (QED) is 0.831. The largest absolute Gasteiger partial charge is 0.303 e. The van der Waals surface area contributed by atoms with E-state index in [9.17, 15) is 0 Å². The van der Waals surface area contributed by atoms with Crippen molar-refractivity contribution in [2.75, 3.05) is 13.6 Å². The van der Waals surface area contributed by atoms with Gasteiger partial charge in [-0.3, -0.25) is 9.94 Å². The van der Waals surface area contributed by atoms with Gasteiger partial charge < -0.3 is 4.90 Å². The maximum Gasteiger partial charge on any atom is 0.113 e. The van der Waals surface area contributed by atoms with Crippen LogP contribution in [0.1, 0.15) is 18.5 Å². The van der Waals surface area contributed by atoms with Crippen LogP contribution in [0, 0.1) is 5.92 Å². The zero-order chi connectivity index (χ0) is 13.5. The summed E-state index contributed by atoms with van der Waals surface area (Å²) in [5, 5.41) is 8.50. The van der Waals surface area contributed by atoms with Crippen molar-refractivity contribution in [3.63, 3.8) is 0 Å². The third-order valence-corrected chi connectivity index (χ3v) is 4.81. The molecule has 0 radical (unpaired) electrons. The van der Waals surface area contributed by atoms with Crippen LogP contribution in [0.5, 0.6) is 0 Å². The van der Waals surface area contributed by atoms with Gasteiger partial charge in [-0.2, -0.15) is 10.6 Å². The van der Waals surface area contributed by atoms with Gasteiger partial charge >= 0.3 is 0 Å². The number of H-pyrrole nitrogens is 1. The summed E-state index contributed by atoms with van der Waals surface area (Å²) < 4.78 is 0. The number of aromatic amines is 1. The fourth-order valence-corrected chi connectivity index (χ4v) is 3.67. The van der Waals surface area contributed by atoms with Gasteiger partial charge in [0.15, 0.2) is 0 Å². The van der Waals surface area contributed by atoms with Crippen molar-refractivity contribution >= 4 is 10.9 Å². The smallest absolute Gasteiger partial charge is 0.113 e. The minimum atomic E-state index is 0.501. The van der Waals surface area contributed by atoms with Crippen LogP contribution in [-0.2, 0) is 11.4 Å². The molecule has 5 nitrogen and oxygen atoms in total. The summed E-state index contributed by atoms with van der Waals surface area (Å²) in [6, 6.07) is 9.39. The lowest BCUT2D eigenvalue weighted by atomic mass is 10.0. The lowest BCUT2D eigenvalue weighted by Gasteiger charge is -2.28. The van der Waals surface area contributed by atoms with E-state index in [2.05, 4.69) is 33.7 Å². The zero-order valence-corrected chi connectivity index (χ0v) is 11.7. The molecule has 1 aromatic heterocycles. The van der Waals surface area contributed by atoms with E-state index in [0.717, 1.165) is 28.6 Å². The summed E-state index contributed by atoms with van der Waals surface area (Å²) >= 11 is 0. The summed E-state index contributed by atoms with van der Waals surface area (Å²) in [7, 11) is 2.22. The SMILES string of the molecule is CN1CC2CC1CC2NOCc1n[nH]c2ccccc12. The predicted octanol–water partition coefficient (Wildman–Crippen LogP) is 1.68. The van der Waals surface area contributed by atoms with Gasteiger partial charge in [0.1, 0.15) is 6.61 Å². The fourth-order valence-electron chi connectivity index (χ4n) is 3.67. The standard InChI is InChI=1S/C15H20N4O/c1-19-8-10-6-11(19)7-14(10)18-20-9-15-12-4-2-3-5-13(12)16-17-15/h2-5,10-11,14,18H,6-9H2,1H3,(H,16,17). The molecule has 2 aliphatic rings. The molecule has 1 saturated carbocycles. The Bertz CT molecular complexity index is 609. The molecule has 3 unspecified atom stereocenters. The molecule has 1 saturated heterocycles. The molecule has 2 N–H and O–H groups in total. The lowest BCUT2D eigenvalue weighted by molar-refractivity contribution is -0.0144. The molecular weight excluding hydrogens is 252 g/mol. The van der Waals surface area contributed by atoms with Crippen molar-refractivity contribution in [1.29, 1.82) is 0 Å². The van der Waals surface area contributed by atoms with Crippen LogP contribution in [0.3, 0.4) is 0 Å². The predicted molar refractivity (Wildman–Crippen MR) is 76.9 cm³/mol. The number of fused-ring (bicyclic) bond motifs is 3. The fraction of sp³-hybridized carbons (Fsp3) is 0.533. The highest BCUT2D eigenvalue weighted by molar-refractivity contribution is 5.80. The molecule has 2 fully saturated rings. The highest BCUT2D eigenvalue weighted by Crippen LogP contribution is 2.36. The maximum absolute atomic E-state index is 5.71. The first-order valence-electron chi connectivity index (χ1n) is 7.31. The zero-order valence-electron chi connectivity index (χ0n) is 11.7. The van der Waals surface area contributed by atoms with Gasteiger partial charge in [-0.15, -0.1) is 0 Å². The summed E-state index contributed by atoms with van der Waals surface area (Å²) in [5.74, 6) is 0.737. The van der Waals surface area contributed by atoms with Crippen LogP contribution >= 0.6 is 0 Å². The van der Waals surface area contributed by atoms with E-state index in [4.69, 9.17) is 4.84 Å². The summed E-state index contributed by atoms with van der Waals surface area (Å²) in [6.45, 7) is 1.70. The monoisotopic (exact) mass is 272 g/mol. The molecule has 1 aliphatic carbocycles. The average molecular weight is 272 g/mol. The van der Waals surface area contributed by atoms with Crippen molar-refractivity contribution < 1.29 is 4.84 Å². The Morgan fingerprint density at radius 3 is 3.10 bits per heavy atom. The Balaban J connectivity index is 1.35. The van der Waals surface area contributed by atoms with Crippen LogP contribution in [-0.4, -0.2) is 40.8 Å². The number of aromatic nitrogens is 2. The van der Waals surface area contributed by atoms with Gasteiger partial charge in [-0.05, 0) is 31.9 Å². The van der Waals surface area contributed by atoms with Crippen LogP contribution in [0.2, 0.25) is 0 Å². The van der Waals surface area contributed by atoms with Crippen LogP contribution < -0.4 is 5.48 Å². The topological polar surface area (TPSA) is 53.2 Å². The molecule has 2 bridgehead atoms. The van der Waals surface area contributed by atoms with Crippen molar-refractivity contribution in [1.82, 2.24) is 20.6 Å². The van der Waals surface area contributed by atoms with E-state index in [1.807, 2.05) is 18.2 Å². The van der Waals surface area contributed by atoms with Crippen molar-refractivity contribution in [2.24, 2.45) is 5.92 Å². The third-order valence-electron chi connectivity index (χ3n) is 4.81. The van der Waals surface area contributed by atoms with Crippen molar-refractivity contribution in [3.8, 4) is 0 Å².